The molecule has 3 aromatic rings. The molecule has 4 nitrogen and oxygen atoms in total. The van der Waals surface area contributed by atoms with Crippen LogP contribution in [-0.4, -0.2) is 40.7 Å². The number of benzene rings is 2. The maximum Gasteiger partial charge on any atom is 0.163 e. The van der Waals surface area contributed by atoms with Gasteiger partial charge in [0.1, 0.15) is 0 Å². The number of hydrogen-bond acceptors (Lipinski definition) is 3. The van der Waals surface area contributed by atoms with Crippen molar-refractivity contribution >= 4 is 45.8 Å². The Morgan fingerprint density at radius 3 is 2.66 bits per heavy atom. The Bertz CT molecular complexity index is 1130. The van der Waals surface area contributed by atoms with E-state index in [2.05, 4.69) is 28.6 Å². The number of halogens is 1. The minimum Gasteiger partial charge on any atom is -0.340 e. The molecule has 1 atom stereocenters. The minimum absolute atomic E-state index is 0. The van der Waals surface area contributed by atoms with Crippen LogP contribution in [0.3, 0.4) is 0 Å². The molecule has 0 saturated carbocycles. The maximum absolute atomic E-state index is 12.3. The van der Waals surface area contributed by atoms with Gasteiger partial charge in [0.15, 0.2) is 11.6 Å². The number of aryl methyl sites for hydroxylation is 2. The van der Waals surface area contributed by atoms with Gasteiger partial charge in [0.05, 0.1) is 0 Å². The molecule has 1 aliphatic heterocycles. The van der Waals surface area contributed by atoms with Crippen molar-refractivity contribution in [1.82, 2.24) is 9.47 Å². The van der Waals surface area contributed by atoms with E-state index in [9.17, 15) is 9.59 Å². The molecule has 2 heterocycles. The number of carbonyl (C=O) groups is 2. The summed E-state index contributed by atoms with van der Waals surface area (Å²) in [5.41, 5.74) is 5.16. The standard InChI is InChI=1S/C24H26N2O2.ClH/c1-15(27)16-5-8-21-20(14-16)24-19-7-10-23(28)18(19)6-9-22(24)26(21)13-11-17-4-3-12-25(17)2;/h5-6,8-9,14,17H,3-4,7,10-13H2,1-2H3;1H/t17-;/m1./s1. The molecule has 5 rings (SSSR count). The van der Waals surface area contributed by atoms with Gasteiger partial charge in [0.2, 0.25) is 0 Å². The molecule has 1 fully saturated rings. The van der Waals surface area contributed by atoms with Crippen molar-refractivity contribution in [2.24, 2.45) is 0 Å². The van der Waals surface area contributed by atoms with Crippen molar-refractivity contribution in [2.75, 3.05) is 13.6 Å². The average molecular weight is 411 g/mol. The van der Waals surface area contributed by atoms with Crippen LogP contribution in [0.15, 0.2) is 30.3 Å². The van der Waals surface area contributed by atoms with Crippen LogP contribution in [0.1, 0.15) is 58.9 Å². The summed E-state index contributed by atoms with van der Waals surface area (Å²) in [6, 6.07) is 10.8. The van der Waals surface area contributed by atoms with Gasteiger partial charge in [0, 0.05) is 51.9 Å². The number of nitrogens with zero attached hydrogens (tertiary/aromatic N) is 2. The molecule has 0 bridgehead atoms. The smallest absolute Gasteiger partial charge is 0.163 e. The SMILES string of the molecule is CC(=O)c1ccc2c(c1)c1c3c(ccc1n2CC[C@H]1CCCN1C)C(=O)CC3.Cl. The Labute approximate surface area is 177 Å². The lowest BCUT2D eigenvalue weighted by Crippen LogP contribution is -2.26. The van der Waals surface area contributed by atoms with Crippen molar-refractivity contribution < 1.29 is 9.59 Å². The Balaban J connectivity index is 0.00000205. The number of rotatable bonds is 4. The molecular formula is C24H27ClN2O2. The molecule has 1 aliphatic carbocycles. The second-order valence-electron chi connectivity index (χ2n) is 8.41. The van der Waals surface area contributed by atoms with Crippen molar-refractivity contribution in [3.05, 3.63) is 47.0 Å². The fourth-order valence-electron chi connectivity index (χ4n) is 5.24. The fraction of sp³-hybridized carbons (Fsp3) is 0.417. The molecule has 152 valence electrons. The molecule has 29 heavy (non-hydrogen) atoms. The molecule has 0 amide bonds. The largest absolute Gasteiger partial charge is 0.340 e. The lowest BCUT2D eigenvalue weighted by atomic mass is 10.0. The van der Waals surface area contributed by atoms with Crippen LogP contribution in [-0.2, 0) is 13.0 Å². The van der Waals surface area contributed by atoms with Crippen LogP contribution in [0.25, 0.3) is 21.8 Å². The first-order chi connectivity index (χ1) is 13.5. The molecular weight excluding hydrogens is 384 g/mol. The second kappa shape index (κ2) is 7.58. The summed E-state index contributed by atoms with van der Waals surface area (Å²) in [4.78, 5) is 26.8. The topological polar surface area (TPSA) is 42.3 Å². The third-order valence-electron chi connectivity index (χ3n) is 6.80. The summed E-state index contributed by atoms with van der Waals surface area (Å²) >= 11 is 0. The van der Waals surface area contributed by atoms with E-state index in [4.69, 9.17) is 0 Å². The van der Waals surface area contributed by atoms with E-state index < -0.39 is 0 Å². The summed E-state index contributed by atoms with van der Waals surface area (Å²) < 4.78 is 2.41. The third kappa shape index (κ3) is 3.19. The monoisotopic (exact) mass is 410 g/mol. The van der Waals surface area contributed by atoms with Crippen LogP contribution in [0.5, 0.6) is 0 Å². The summed E-state index contributed by atoms with van der Waals surface area (Å²) in [5.74, 6) is 0.326. The van der Waals surface area contributed by atoms with Gasteiger partial charge in [-0.05, 0) is 82.1 Å². The number of fused-ring (bicyclic) bond motifs is 5. The summed E-state index contributed by atoms with van der Waals surface area (Å²) in [7, 11) is 2.22. The quantitative estimate of drug-likeness (QED) is 0.566. The molecule has 0 unspecified atom stereocenters. The number of aromatic nitrogens is 1. The second-order valence-corrected chi connectivity index (χ2v) is 8.41. The van der Waals surface area contributed by atoms with Crippen LogP contribution in [0.2, 0.25) is 0 Å². The molecule has 0 spiro atoms. The normalized spacial score (nSPS) is 19.1. The van der Waals surface area contributed by atoms with E-state index in [0.717, 1.165) is 35.9 Å². The summed E-state index contributed by atoms with van der Waals surface area (Å²) in [6.07, 6.45) is 5.08. The number of hydrogen-bond donors (Lipinski definition) is 0. The Morgan fingerprint density at radius 1 is 1.14 bits per heavy atom. The van der Waals surface area contributed by atoms with E-state index in [1.54, 1.807) is 6.92 Å². The van der Waals surface area contributed by atoms with Crippen LogP contribution >= 0.6 is 12.4 Å². The van der Waals surface area contributed by atoms with Crippen molar-refractivity contribution in [3.63, 3.8) is 0 Å². The summed E-state index contributed by atoms with van der Waals surface area (Å²) in [6.45, 7) is 3.76. The number of Topliss-reactive ketones (excluding diaryl/α,β-unsaturated/α-hetero) is 2. The highest BCUT2D eigenvalue weighted by molar-refractivity contribution is 6.16. The number of likely N-dealkylation sites (tertiary alicyclic amines) is 1. The zero-order chi connectivity index (χ0) is 19.4. The highest BCUT2D eigenvalue weighted by Crippen LogP contribution is 2.38. The van der Waals surface area contributed by atoms with Gasteiger partial charge in [-0.1, -0.05) is 0 Å². The first kappa shape index (κ1) is 20.1. The molecule has 5 heteroatoms. The highest BCUT2D eigenvalue weighted by Gasteiger charge is 2.26. The van der Waals surface area contributed by atoms with E-state index in [-0.39, 0.29) is 24.0 Å². The Morgan fingerprint density at radius 2 is 1.93 bits per heavy atom. The van der Waals surface area contributed by atoms with Crippen molar-refractivity contribution in [2.45, 2.75) is 51.6 Å². The van der Waals surface area contributed by atoms with Gasteiger partial charge >= 0.3 is 0 Å². The molecule has 1 aromatic heterocycles. The fourth-order valence-corrected chi connectivity index (χ4v) is 5.24. The molecule has 1 saturated heterocycles. The first-order valence-electron chi connectivity index (χ1n) is 10.4. The van der Waals surface area contributed by atoms with Gasteiger partial charge in [-0.25, -0.2) is 0 Å². The Kier molecular flexibility index (Phi) is 5.26. The first-order valence-corrected chi connectivity index (χ1v) is 10.4. The van der Waals surface area contributed by atoms with Crippen LogP contribution in [0, 0.1) is 0 Å². The minimum atomic E-state index is 0. The Hall–Kier alpha value is -2.17. The molecule has 2 aliphatic rings. The zero-order valence-corrected chi connectivity index (χ0v) is 17.8. The van der Waals surface area contributed by atoms with Gasteiger partial charge in [-0.2, -0.15) is 0 Å². The predicted molar refractivity (Wildman–Crippen MR) is 120 cm³/mol. The summed E-state index contributed by atoms with van der Waals surface area (Å²) in [5, 5.41) is 2.30. The van der Waals surface area contributed by atoms with Gasteiger partial charge < -0.3 is 9.47 Å². The molecule has 0 radical (unpaired) electrons. The number of ketones is 2. The van der Waals surface area contributed by atoms with Gasteiger partial charge in [0.25, 0.3) is 0 Å². The third-order valence-corrected chi connectivity index (χ3v) is 6.80. The van der Waals surface area contributed by atoms with Crippen LogP contribution < -0.4 is 0 Å². The maximum atomic E-state index is 12.3. The van der Waals surface area contributed by atoms with Gasteiger partial charge in [-0.3, -0.25) is 9.59 Å². The number of carbonyl (C=O) groups excluding carboxylic acids is 2. The lowest BCUT2D eigenvalue weighted by Gasteiger charge is -2.20. The van der Waals surface area contributed by atoms with Crippen LogP contribution in [0.4, 0.5) is 0 Å². The van der Waals surface area contributed by atoms with E-state index in [1.807, 2.05) is 18.2 Å². The van der Waals surface area contributed by atoms with Crippen molar-refractivity contribution in [3.8, 4) is 0 Å². The van der Waals surface area contributed by atoms with E-state index in [0.29, 0.717) is 12.5 Å². The predicted octanol–water partition coefficient (Wildman–Crippen LogP) is 5.03. The van der Waals surface area contributed by atoms with E-state index in [1.165, 1.54) is 41.4 Å². The molecule has 2 aromatic carbocycles. The van der Waals surface area contributed by atoms with Gasteiger partial charge in [-0.15, -0.1) is 12.4 Å². The zero-order valence-electron chi connectivity index (χ0n) is 17.0. The average Bonchev–Trinajstić information content (AvgIpc) is 3.35. The van der Waals surface area contributed by atoms with Crippen molar-refractivity contribution in [1.29, 1.82) is 0 Å². The van der Waals surface area contributed by atoms with E-state index >= 15 is 0 Å². The molecule has 0 N–H and O–H groups in total. The lowest BCUT2D eigenvalue weighted by molar-refractivity contribution is 0.0991. The highest BCUT2D eigenvalue weighted by atomic mass is 35.5.